The second-order valence-corrected chi connectivity index (χ2v) is 8.79. The summed E-state index contributed by atoms with van der Waals surface area (Å²) in [5, 5.41) is 15.3. The smallest absolute Gasteiger partial charge is 0.155 e. The van der Waals surface area contributed by atoms with E-state index in [1.165, 1.54) is 25.0 Å². The molecular weight excluding hydrogens is 338 g/mol. The average molecular weight is 370 g/mol. The number of aliphatic hydroxyl groups is 1. The molecule has 146 valence electrons. The van der Waals surface area contributed by atoms with Crippen molar-refractivity contribution >= 4 is 0 Å². The van der Waals surface area contributed by atoms with E-state index in [0.29, 0.717) is 16.9 Å². The molecule has 0 unspecified atom stereocenters. The van der Waals surface area contributed by atoms with Gasteiger partial charge in [-0.2, -0.15) is 5.10 Å². The molecule has 0 radical (unpaired) electrons. The first-order chi connectivity index (χ1) is 12.8. The van der Waals surface area contributed by atoms with Crippen molar-refractivity contribution in [3.8, 4) is 0 Å². The summed E-state index contributed by atoms with van der Waals surface area (Å²) in [4.78, 5) is 6.79. The molecule has 0 fully saturated rings. The molecule has 4 rings (SSSR count). The van der Waals surface area contributed by atoms with Crippen LogP contribution in [0.4, 0.5) is 0 Å². The number of aliphatic hydroxyl groups excluding tert-OH is 1. The Labute approximate surface area is 161 Å². The van der Waals surface area contributed by atoms with Crippen molar-refractivity contribution in [2.75, 3.05) is 13.1 Å². The molecule has 1 N–H and O–H groups in total. The Morgan fingerprint density at radius 2 is 2.11 bits per heavy atom. The van der Waals surface area contributed by atoms with Gasteiger partial charge in [0.05, 0.1) is 17.9 Å². The zero-order valence-corrected chi connectivity index (χ0v) is 16.9. The highest BCUT2D eigenvalue weighted by molar-refractivity contribution is 5.25. The van der Waals surface area contributed by atoms with Gasteiger partial charge >= 0.3 is 0 Å². The molecule has 0 aromatic carbocycles. The Morgan fingerprint density at radius 1 is 1.30 bits per heavy atom. The minimum Gasteiger partial charge on any atom is -0.379 e. The fourth-order valence-corrected chi connectivity index (χ4v) is 4.63. The summed E-state index contributed by atoms with van der Waals surface area (Å²) < 4.78 is 3.89. The molecule has 1 atom stereocenters. The Hall–Kier alpha value is -1.92. The number of aromatic nitrogens is 4. The van der Waals surface area contributed by atoms with Gasteiger partial charge in [-0.25, -0.2) is 4.98 Å². The highest BCUT2D eigenvalue weighted by Crippen LogP contribution is 2.40. The zero-order valence-electron chi connectivity index (χ0n) is 16.9. The summed E-state index contributed by atoms with van der Waals surface area (Å²) in [6, 6.07) is 2.04. The van der Waals surface area contributed by atoms with Crippen LogP contribution in [0.25, 0.3) is 0 Å². The van der Waals surface area contributed by atoms with Crippen LogP contribution in [0.5, 0.6) is 0 Å². The maximum absolute atomic E-state index is 10.7. The number of hydrogen-bond acceptors (Lipinski definition) is 4. The number of fused-ring (bicyclic) bond motifs is 1. The van der Waals surface area contributed by atoms with Crippen LogP contribution in [0, 0.1) is 5.41 Å². The van der Waals surface area contributed by atoms with Crippen molar-refractivity contribution in [1.82, 2.24) is 24.2 Å². The van der Waals surface area contributed by atoms with Gasteiger partial charge in [-0.1, -0.05) is 25.0 Å². The second kappa shape index (κ2) is 6.91. The van der Waals surface area contributed by atoms with Crippen LogP contribution in [-0.2, 0) is 20.1 Å². The highest BCUT2D eigenvalue weighted by atomic mass is 16.3. The lowest BCUT2D eigenvalue weighted by Crippen LogP contribution is -2.38. The van der Waals surface area contributed by atoms with Crippen LogP contribution in [0.1, 0.15) is 63.3 Å². The lowest BCUT2D eigenvalue weighted by Gasteiger charge is -2.38. The first kappa shape index (κ1) is 18.4. The van der Waals surface area contributed by atoms with Gasteiger partial charge in [0.2, 0.25) is 0 Å². The predicted molar refractivity (Wildman–Crippen MR) is 105 cm³/mol. The van der Waals surface area contributed by atoms with Gasteiger partial charge in [-0.05, 0) is 37.7 Å². The largest absolute Gasteiger partial charge is 0.379 e. The number of hydrogen-bond donors (Lipinski definition) is 1. The van der Waals surface area contributed by atoms with Crippen LogP contribution in [-0.4, -0.2) is 42.4 Å². The number of imidazole rings is 1. The molecule has 0 saturated carbocycles. The van der Waals surface area contributed by atoms with Crippen molar-refractivity contribution in [3.05, 3.63) is 46.8 Å². The van der Waals surface area contributed by atoms with Crippen LogP contribution < -0.4 is 0 Å². The van der Waals surface area contributed by atoms with E-state index in [0.717, 1.165) is 26.2 Å². The summed E-state index contributed by atoms with van der Waals surface area (Å²) in [6.45, 7) is 10.9. The maximum atomic E-state index is 10.7. The van der Waals surface area contributed by atoms with Crippen LogP contribution in [0.3, 0.4) is 0 Å². The Balaban J connectivity index is 1.51. The van der Waals surface area contributed by atoms with E-state index < -0.39 is 6.10 Å². The van der Waals surface area contributed by atoms with Crippen LogP contribution in [0.2, 0.25) is 0 Å². The van der Waals surface area contributed by atoms with E-state index in [-0.39, 0.29) is 0 Å². The average Bonchev–Trinajstić information content (AvgIpc) is 3.23. The third kappa shape index (κ3) is 3.48. The van der Waals surface area contributed by atoms with Gasteiger partial charge in [0.1, 0.15) is 5.82 Å². The van der Waals surface area contributed by atoms with Gasteiger partial charge in [-0.3, -0.25) is 9.58 Å². The summed E-state index contributed by atoms with van der Waals surface area (Å²) >= 11 is 0. The molecule has 0 spiro atoms. The number of allylic oxidation sites excluding steroid dienone is 1. The van der Waals surface area contributed by atoms with Crippen molar-refractivity contribution in [1.29, 1.82) is 0 Å². The molecule has 1 aliphatic carbocycles. The second-order valence-electron chi connectivity index (χ2n) is 8.79. The lowest BCUT2D eigenvalue weighted by molar-refractivity contribution is 0.196. The normalized spacial score (nSPS) is 21.4. The van der Waals surface area contributed by atoms with Gasteiger partial charge < -0.3 is 9.67 Å². The third-order valence-corrected chi connectivity index (χ3v) is 6.35. The Kier molecular flexibility index (Phi) is 4.72. The third-order valence-electron chi connectivity index (χ3n) is 6.35. The Morgan fingerprint density at radius 3 is 2.81 bits per heavy atom. The van der Waals surface area contributed by atoms with Gasteiger partial charge in [0.25, 0.3) is 0 Å². The van der Waals surface area contributed by atoms with Gasteiger partial charge in [0, 0.05) is 39.1 Å². The first-order valence-electron chi connectivity index (χ1n) is 9.98. The Bertz CT molecular complexity index is 860. The zero-order chi connectivity index (χ0) is 19.2. The number of rotatable bonds is 4. The number of nitrogens with zero attached hydrogens (tertiary/aromatic N) is 5. The minimum atomic E-state index is -0.779. The molecular formula is C21H31N5O. The van der Waals surface area contributed by atoms with E-state index in [1.807, 2.05) is 28.6 Å². The van der Waals surface area contributed by atoms with Crippen molar-refractivity contribution in [2.24, 2.45) is 12.5 Å². The molecule has 1 aliphatic heterocycles. The van der Waals surface area contributed by atoms with Crippen LogP contribution in [0.15, 0.2) is 29.6 Å². The summed E-state index contributed by atoms with van der Waals surface area (Å²) in [6.07, 6.45) is 6.61. The summed E-state index contributed by atoms with van der Waals surface area (Å²) in [5.41, 5.74) is 5.37. The fourth-order valence-electron chi connectivity index (χ4n) is 4.63. The van der Waals surface area contributed by atoms with Crippen molar-refractivity contribution in [3.63, 3.8) is 0 Å². The summed E-state index contributed by atoms with van der Waals surface area (Å²) in [5.74, 6) is 0.632. The standard InChI is InChI=1S/C21H31N5O/c1-15-6-5-7-21(2,3)17(15)14-25-10-11-26-16(13-25)12-18(23-26)19(27)20-22-8-9-24(20)4/h8-9,12,19,27H,5-7,10-11,13-14H2,1-4H3/t19-/m1/s1. The van der Waals surface area contributed by atoms with E-state index in [2.05, 4.69) is 35.8 Å². The highest BCUT2D eigenvalue weighted by Gasteiger charge is 2.31. The van der Waals surface area contributed by atoms with E-state index in [1.54, 1.807) is 17.3 Å². The molecule has 0 amide bonds. The monoisotopic (exact) mass is 369 g/mol. The fraction of sp³-hybridized carbons (Fsp3) is 0.619. The molecule has 6 nitrogen and oxygen atoms in total. The topological polar surface area (TPSA) is 59.1 Å². The molecule has 2 aromatic heterocycles. The molecule has 27 heavy (non-hydrogen) atoms. The maximum Gasteiger partial charge on any atom is 0.155 e. The molecule has 6 heteroatoms. The van der Waals surface area contributed by atoms with Crippen molar-refractivity contribution in [2.45, 2.75) is 59.2 Å². The van der Waals surface area contributed by atoms with E-state index in [4.69, 9.17) is 0 Å². The molecule has 0 bridgehead atoms. The number of aryl methyl sites for hydroxylation is 1. The lowest BCUT2D eigenvalue weighted by atomic mass is 9.72. The van der Waals surface area contributed by atoms with Crippen LogP contribution >= 0.6 is 0 Å². The first-order valence-corrected chi connectivity index (χ1v) is 9.98. The molecule has 2 aliphatic rings. The summed E-state index contributed by atoms with van der Waals surface area (Å²) in [7, 11) is 1.89. The van der Waals surface area contributed by atoms with E-state index in [9.17, 15) is 5.11 Å². The minimum absolute atomic E-state index is 0.305. The molecule has 3 heterocycles. The predicted octanol–water partition coefficient (Wildman–Crippen LogP) is 3.04. The van der Waals surface area contributed by atoms with E-state index >= 15 is 0 Å². The van der Waals surface area contributed by atoms with Crippen molar-refractivity contribution < 1.29 is 5.11 Å². The van der Waals surface area contributed by atoms with Gasteiger partial charge in [-0.15, -0.1) is 0 Å². The quantitative estimate of drug-likeness (QED) is 0.842. The molecule has 2 aromatic rings. The molecule has 0 saturated heterocycles. The SMILES string of the molecule is CC1=C(CN2CCn3nc([C@@H](O)c4nccn4C)cc3C2)C(C)(C)CCC1. The van der Waals surface area contributed by atoms with Gasteiger partial charge in [0.15, 0.2) is 6.10 Å².